The third kappa shape index (κ3) is 8.39. The summed E-state index contributed by atoms with van der Waals surface area (Å²) in [7, 11) is 1.48. The molecule has 0 spiro atoms. The van der Waals surface area contributed by atoms with E-state index >= 15 is 0 Å². The van der Waals surface area contributed by atoms with Crippen LogP contribution in [0.2, 0.25) is 0 Å². The van der Waals surface area contributed by atoms with Gasteiger partial charge in [-0.1, -0.05) is 30.3 Å². The van der Waals surface area contributed by atoms with Crippen molar-refractivity contribution in [2.45, 2.75) is 38.1 Å². The number of amides is 2. The molecule has 0 aromatic heterocycles. The summed E-state index contributed by atoms with van der Waals surface area (Å²) in [4.78, 5) is 39.8. The van der Waals surface area contributed by atoms with Crippen molar-refractivity contribution in [3.63, 3.8) is 0 Å². The van der Waals surface area contributed by atoms with E-state index in [2.05, 4.69) is 11.4 Å². The van der Waals surface area contributed by atoms with Gasteiger partial charge in [0.05, 0.1) is 23.8 Å². The number of rotatable bonds is 10. The fourth-order valence-corrected chi connectivity index (χ4v) is 5.33. The van der Waals surface area contributed by atoms with Crippen molar-refractivity contribution in [3.8, 4) is 6.07 Å². The van der Waals surface area contributed by atoms with Crippen molar-refractivity contribution in [3.05, 3.63) is 95.1 Å². The highest BCUT2D eigenvalue weighted by molar-refractivity contribution is 5.94. The highest BCUT2D eigenvalue weighted by Gasteiger charge is 2.43. The first-order valence-corrected chi connectivity index (χ1v) is 14.4. The molecule has 1 atom stereocenters. The Bertz CT molecular complexity index is 1550. The Morgan fingerprint density at radius 2 is 1.73 bits per heavy atom. The zero-order valence-corrected chi connectivity index (χ0v) is 24.8. The summed E-state index contributed by atoms with van der Waals surface area (Å²) in [6.07, 6.45) is -4.88. The summed E-state index contributed by atoms with van der Waals surface area (Å²) in [5.41, 5.74) is 3.26. The summed E-state index contributed by atoms with van der Waals surface area (Å²) >= 11 is 0. The second-order valence-corrected chi connectivity index (χ2v) is 10.5. The van der Waals surface area contributed by atoms with Crippen LogP contribution in [0.4, 0.5) is 24.5 Å². The number of likely N-dealkylation sites (tertiary alicyclic amines) is 1. The molecule has 45 heavy (non-hydrogen) atoms. The lowest BCUT2D eigenvalue weighted by Crippen LogP contribution is -2.45. The molecule has 0 saturated carbocycles. The third-order valence-corrected chi connectivity index (χ3v) is 7.50. The molecule has 1 aliphatic rings. The Morgan fingerprint density at radius 3 is 2.36 bits per heavy atom. The third-order valence-electron chi connectivity index (χ3n) is 7.50. The lowest BCUT2D eigenvalue weighted by atomic mass is 9.89. The summed E-state index contributed by atoms with van der Waals surface area (Å²) in [6.45, 7) is 1.79. The second kappa shape index (κ2) is 14.7. The van der Waals surface area contributed by atoms with E-state index in [4.69, 9.17) is 9.47 Å². The van der Waals surface area contributed by atoms with Gasteiger partial charge in [0.15, 0.2) is 6.23 Å². The SMILES string of the molecule is CCOC(=O)c1cccc(C(OC)N(CC(=O)Nc2ccc(C3CCN(C(=O)C(F)(F)F)CC3)cc2)c2cccc(C#N)c2)c1. The Kier molecular flexibility index (Phi) is 10.8. The summed E-state index contributed by atoms with van der Waals surface area (Å²) < 4.78 is 49.3. The molecule has 9 nitrogen and oxygen atoms in total. The Hall–Kier alpha value is -4.89. The van der Waals surface area contributed by atoms with Gasteiger partial charge in [-0.3, -0.25) is 9.59 Å². The van der Waals surface area contributed by atoms with Crippen molar-refractivity contribution in [2.24, 2.45) is 0 Å². The van der Waals surface area contributed by atoms with E-state index in [0.717, 1.165) is 10.5 Å². The Labute approximate surface area is 259 Å². The van der Waals surface area contributed by atoms with E-state index in [1.807, 2.05) is 12.1 Å². The number of nitriles is 1. The maximum atomic E-state index is 13.4. The normalized spacial score (nSPS) is 14.3. The standard InChI is InChI=1S/C33H33F3N4O5/c1-3-45-31(42)26-8-5-7-25(19-26)30(44-2)40(28-9-4-6-22(18-28)20-37)21-29(41)38-27-12-10-23(11-13-27)24-14-16-39(17-15-24)32(43)33(34,35)36/h4-13,18-19,24,30H,3,14-17,21H2,1-2H3,(H,38,41). The number of esters is 1. The number of anilines is 2. The number of hydrogen-bond acceptors (Lipinski definition) is 7. The fraction of sp³-hybridized carbons (Fsp3) is 0.333. The molecule has 1 heterocycles. The Balaban J connectivity index is 1.49. The number of methoxy groups -OCH3 is 1. The first-order chi connectivity index (χ1) is 21.5. The van der Waals surface area contributed by atoms with Crippen LogP contribution in [0, 0.1) is 11.3 Å². The molecular formula is C33H33F3N4O5. The van der Waals surface area contributed by atoms with Gasteiger partial charge in [0.1, 0.15) is 6.54 Å². The maximum Gasteiger partial charge on any atom is 0.471 e. The predicted octanol–water partition coefficient (Wildman–Crippen LogP) is 5.79. The van der Waals surface area contributed by atoms with Gasteiger partial charge < -0.3 is 24.6 Å². The van der Waals surface area contributed by atoms with Gasteiger partial charge in [0.2, 0.25) is 5.91 Å². The average Bonchev–Trinajstić information content (AvgIpc) is 3.04. The molecule has 236 valence electrons. The molecule has 3 aromatic rings. The minimum Gasteiger partial charge on any atom is -0.462 e. The number of carbonyl (C=O) groups is 3. The average molecular weight is 623 g/mol. The summed E-state index contributed by atoms with van der Waals surface area (Å²) in [6, 6.07) is 22.6. The van der Waals surface area contributed by atoms with Gasteiger partial charge in [-0.25, -0.2) is 4.79 Å². The van der Waals surface area contributed by atoms with Crippen LogP contribution in [-0.4, -0.2) is 62.2 Å². The highest BCUT2D eigenvalue weighted by atomic mass is 19.4. The van der Waals surface area contributed by atoms with Gasteiger partial charge in [-0.05, 0) is 73.7 Å². The molecule has 1 aliphatic heterocycles. The largest absolute Gasteiger partial charge is 0.471 e. The van der Waals surface area contributed by atoms with Gasteiger partial charge in [-0.2, -0.15) is 18.4 Å². The number of carbonyl (C=O) groups excluding carboxylic acids is 3. The number of halogens is 3. The van der Waals surface area contributed by atoms with E-state index in [1.165, 1.54) is 7.11 Å². The number of ether oxygens (including phenoxy) is 2. The summed E-state index contributed by atoms with van der Waals surface area (Å²) in [5, 5.41) is 12.3. The van der Waals surface area contributed by atoms with Crippen molar-refractivity contribution >= 4 is 29.2 Å². The molecule has 1 saturated heterocycles. The molecule has 3 aromatic carbocycles. The van der Waals surface area contributed by atoms with Crippen LogP contribution in [0.25, 0.3) is 0 Å². The molecule has 1 unspecified atom stereocenters. The molecule has 4 rings (SSSR count). The molecule has 0 radical (unpaired) electrons. The van der Waals surface area contributed by atoms with E-state index in [9.17, 15) is 32.8 Å². The fourth-order valence-electron chi connectivity index (χ4n) is 5.33. The van der Waals surface area contributed by atoms with Crippen molar-refractivity contribution < 1.29 is 37.0 Å². The van der Waals surface area contributed by atoms with E-state index in [1.54, 1.807) is 72.5 Å². The molecule has 0 aliphatic carbocycles. The predicted molar refractivity (Wildman–Crippen MR) is 160 cm³/mol. The quantitative estimate of drug-likeness (QED) is 0.225. The minimum absolute atomic E-state index is 0.0113. The lowest BCUT2D eigenvalue weighted by Gasteiger charge is -2.33. The summed E-state index contributed by atoms with van der Waals surface area (Å²) in [5.74, 6) is -2.70. The van der Waals surface area contributed by atoms with E-state index < -0.39 is 24.3 Å². The van der Waals surface area contributed by atoms with Gasteiger partial charge in [0, 0.05) is 37.1 Å². The van der Waals surface area contributed by atoms with Crippen LogP contribution in [0.3, 0.4) is 0 Å². The highest BCUT2D eigenvalue weighted by Crippen LogP contribution is 2.32. The van der Waals surface area contributed by atoms with Crippen molar-refractivity contribution in [2.75, 3.05) is 43.6 Å². The number of nitrogens with one attached hydrogen (secondary N) is 1. The number of nitrogens with zero attached hydrogens (tertiary/aromatic N) is 3. The zero-order chi connectivity index (χ0) is 32.6. The molecule has 1 fully saturated rings. The monoisotopic (exact) mass is 622 g/mol. The zero-order valence-electron chi connectivity index (χ0n) is 24.8. The van der Waals surface area contributed by atoms with E-state index in [-0.39, 0.29) is 38.1 Å². The van der Waals surface area contributed by atoms with Crippen molar-refractivity contribution in [1.29, 1.82) is 5.26 Å². The smallest absolute Gasteiger partial charge is 0.462 e. The lowest BCUT2D eigenvalue weighted by molar-refractivity contribution is -0.186. The topological polar surface area (TPSA) is 112 Å². The van der Waals surface area contributed by atoms with Crippen LogP contribution in [0.5, 0.6) is 0 Å². The molecule has 2 amide bonds. The van der Waals surface area contributed by atoms with Gasteiger partial charge >= 0.3 is 18.1 Å². The molecule has 0 bridgehead atoms. The van der Waals surface area contributed by atoms with Crippen molar-refractivity contribution in [1.82, 2.24) is 4.90 Å². The van der Waals surface area contributed by atoms with Gasteiger partial charge in [0.25, 0.3) is 0 Å². The maximum absolute atomic E-state index is 13.4. The molecular weight excluding hydrogens is 589 g/mol. The first-order valence-electron chi connectivity index (χ1n) is 14.4. The van der Waals surface area contributed by atoms with Gasteiger partial charge in [-0.15, -0.1) is 0 Å². The van der Waals surface area contributed by atoms with Crippen LogP contribution < -0.4 is 10.2 Å². The Morgan fingerprint density at radius 1 is 1.04 bits per heavy atom. The van der Waals surface area contributed by atoms with Crippen LogP contribution in [0.1, 0.15) is 59.0 Å². The van der Waals surface area contributed by atoms with E-state index in [0.29, 0.717) is 40.9 Å². The van der Waals surface area contributed by atoms with Crippen LogP contribution in [0.15, 0.2) is 72.8 Å². The van der Waals surface area contributed by atoms with Crippen LogP contribution >= 0.6 is 0 Å². The first kappa shape index (κ1) is 33.0. The number of benzene rings is 3. The number of hydrogen-bond donors (Lipinski definition) is 1. The minimum atomic E-state index is -4.88. The molecule has 1 N–H and O–H groups in total. The molecule has 12 heteroatoms. The van der Waals surface area contributed by atoms with Crippen LogP contribution in [-0.2, 0) is 19.1 Å². The number of piperidine rings is 1. The number of alkyl halides is 3. The second-order valence-electron chi connectivity index (χ2n) is 10.5.